The molecule has 1 atom stereocenters. The maximum Gasteiger partial charge on any atom is 0.0634 e. The Hall–Kier alpha value is -0.260. The highest BCUT2D eigenvalue weighted by Crippen LogP contribution is 1.77. The lowest BCUT2D eigenvalue weighted by atomic mass is 10.4. The van der Waals surface area contributed by atoms with Gasteiger partial charge in [0.05, 0.1) is 19.1 Å². The second kappa shape index (κ2) is 7.74. The molecule has 5 N–H and O–H groups in total. The number of carboxylic acid groups (broad SMARTS) is 1. The molecule has 0 saturated heterocycles. The predicted octanol–water partition coefficient (Wildman–Crippen LogP) is -3.15. The number of carbonyl (C=O) groups excluding carboxylic acids is 1. The van der Waals surface area contributed by atoms with Gasteiger partial charge in [0.2, 0.25) is 0 Å². The van der Waals surface area contributed by atoms with E-state index < -0.39 is 12.0 Å². The van der Waals surface area contributed by atoms with Crippen LogP contribution in [-0.2, 0) is 4.79 Å². The lowest BCUT2D eigenvalue weighted by Gasteiger charge is -2.06. The average molecular weight is 152 g/mol. The van der Waals surface area contributed by atoms with E-state index in [-0.39, 0.29) is 5.75 Å². The number of aliphatic carboxylic acids is 1. The van der Waals surface area contributed by atoms with E-state index in [1.807, 2.05) is 0 Å². The highest BCUT2D eigenvalue weighted by atomic mass is 32.1. The zero-order valence-corrected chi connectivity index (χ0v) is 6.23. The molecular formula is C4H12N2O2S. The molecule has 0 bridgehead atoms. The molecule has 0 spiro atoms. The molecule has 0 heterocycles. The molecule has 0 rings (SSSR count). The summed E-state index contributed by atoms with van der Waals surface area (Å²) in [5.41, 5.74) is 8.13. The van der Waals surface area contributed by atoms with Crippen molar-refractivity contribution in [3.05, 3.63) is 0 Å². The van der Waals surface area contributed by atoms with E-state index in [9.17, 15) is 9.90 Å². The Balaban J connectivity index is 0. The summed E-state index contributed by atoms with van der Waals surface area (Å²) in [6.07, 6.45) is 0. The number of nitrogens with two attached hydrogens (primary N) is 1. The Kier molecular flexibility index (Phi) is 9.91. The fraction of sp³-hybridized carbons (Fsp3) is 0.750. The van der Waals surface area contributed by atoms with Gasteiger partial charge in [-0.05, 0) is 0 Å². The third kappa shape index (κ3) is 7.74. The van der Waals surface area contributed by atoms with E-state index in [0.29, 0.717) is 0 Å². The molecule has 0 aromatic carbocycles. The first-order valence-electron chi connectivity index (χ1n) is 2.46. The van der Waals surface area contributed by atoms with Crippen molar-refractivity contribution in [1.82, 2.24) is 0 Å². The minimum atomic E-state index is -1.25. The van der Waals surface area contributed by atoms with Crippen LogP contribution in [0.4, 0.5) is 0 Å². The minimum Gasteiger partial charge on any atom is -0.548 e. The molecule has 0 aliphatic carbocycles. The van der Waals surface area contributed by atoms with Gasteiger partial charge in [-0.15, -0.1) is 0 Å². The standard InChI is InChI=1S/C3H7NO2S.CH5N/c4-2(1-7)3(5)6;1-2/h2,7H,1,4H2,(H,5,6);2H2,1H3/t2-;/m0./s1. The first-order valence-corrected chi connectivity index (χ1v) is 3.09. The van der Waals surface area contributed by atoms with Crippen LogP contribution in [-0.4, -0.2) is 24.8 Å². The third-order valence-electron chi connectivity index (χ3n) is 0.499. The van der Waals surface area contributed by atoms with Crippen LogP contribution in [0.2, 0.25) is 0 Å². The van der Waals surface area contributed by atoms with Crippen molar-refractivity contribution in [2.75, 3.05) is 12.8 Å². The molecule has 0 amide bonds. The molecule has 0 unspecified atom stereocenters. The van der Waals surface area contributed by atoms with Gasteiger partial charge in [-0.1, -0.05) is 0 Å². The van der Waals surface area contributed by atoms with E-state index in [1.54, 1.807) is 7.05 Å². The van der Waals surface area contributed by atoms with Gasteiger partial charge in [0.1, 0.15) is 0 Å². The van der Waals surface area contributed by atoms with Gasteiger partial charge in [0, 0.05) is 5.75 Å². The molecule has 5 heteroatoms. The molecule has 0 fully saturated rings. The topological polar surface area (TPSA) is 93.8 Å². The van der Waals surface area contributed by atoms with Gasteiger partial charge in [-0.2, -0.15) is 12.6 Å². The van der Waals surface area contributed by atoms with Crippen LogP contribution >= 0.6 is 12.6 Å². The molecule has 4 nitrogen and oxygen atoms in total. The van der Waals surface area contributed by atoms with Crippen LogP contribution in [0.3, 0.4) is 0 Å². The maximum absolute atomic E-state index is 9.65. The number of carboxylic acids is 1. The molecule has 0 aromatic heterocycles. The monoisotopic (exact) mass is 152 g/mol. The van der Waals surface area contributed by atoms with E-state index in [1.165, 1.54) is 0 Å². The van der Waals surface area contributed by atoms with Gasteiger partial charge < -0.3 is 21.4 Å². The molecule has 0 aliphatic rings. The summed E-state index contributed by atoms with van der Waals surface area (Å²) in [6.45, 7) is 0. The van der Waals surface area contributed by atoms with Crippen LogP contribution < -0.4 is 16.6 Å². The van der Waals surface area contributed by atoms with Gasteiger partial charge in [0.15, 0.2) is 0 Å². The molecule has 0 aliphatic heterocycles. The predicted molar refractivity (Wildman–Crippen MR) is 35.6 cm³/mol. The zero-order chi connectivity index (χ0) is 7.86. The Labute approximate surface area is 59.6 Å². The van der Waals surface area contributed by atoms with E-state index in [0.717, 1.165) is 0 Å². The molecule has 0 aromatic rings. The van der Waals surface area contributed by atoms with Crippen LogP contribution in [0.25, 0.3) is 0 Å². The summed E-state index contributed by atoms with van der Waals surface area (Å²) in [5.74, 6) is -1.13. The summed E-state index contributed by atoms with van der Waals surface area (Å²) in [5, 5.41) is 9.65. The second-order valence-corrected chi connectivity index (χ2v) is 1.47. The fourth-order valence-electron chi connectivity index (χ4n) is 0.0745. The number of rotatable bonds is 2. The summed E-state index contributed by atoms with van der Waals surface area (Å²) in [7, 11) is 1.75. The number of hydrogen-bond donors (Lipinski definition) is 3. The fourth-order valence-corrected chi connectivity index (χ4v) is 0.224. The average Bonchev–Trinajstić information content (AvgIpc) is 1.91. The van der Waals surface area contributed by atoms with Crippen molar-refractivity contribution in [3.8, 4) is 0 Å². The van der Waals surface area contributed by atoms with E-state index in [4.69, 9.17) is 5.73 Å². The maximum atomic E-state index is 9.65. The second-order valence-electron chi connectivity index (χ2n) is 1.11. The number of hydrogen-bond acceptors (Lipinski definition) is 4. The highest BCUT2D eigenvalue weighted by Gasteiger charge is 1.95. The van der Waals surface area contributed by atoms with Gasteiger partial charge >= 0.3 is 0 Å². The van der Waals surface area contributed by atoms with Crippen molar-refractivity contribution in [3.63, 3.8) is 0 Å². The SMILES string of the molecule is C[NH3+].N[C@@H](CS)C(=O)[O-]. The van der Waals surface area contributed by atoms with Gasteiger partial charge in [-0.3, -0.25) is 0 Å². The van der Waals surface area contributed by atoms with Crippen LogP contribution in [0.1, 0.15) is 0 Å². The summed E-state index contributed by atoms with van der Waals surface area (Å²) in [4.78, 5) is 9.65. The van der Waals surface area contributed by atoms with Crippen LogP contribution in [0, 0.1) is 0 Å². The smallest absolute Gasteiger partial charge is 0.0634 e. The molecule has 0 saturated carbocycles. The lowest BCUT2D eigenvalue weighted by Crippen LogP contribution is -2.42. The zero-order valence-electron chi connectivity index (χ0n) is 5.33. The first kappa shape index (κ1) is 11.5. The number of carbonyl (C=O) groups is 1. The van der Waals surface area contributed by atoms with Crippen molar-refractivity contribution in [2.45, 2.75) is 6.04 Å². The van der Waals surface area contributed by atoms with Crippen molar-refractivity contribution < 1.29 is 15.6 Å². The Bertz CT molecular complexity index is 79.0. The quantitative estimate of drug-likeness (QED) is 0.365. The minimum absolute atomic E-state index is 0.127. The summed E-state index contributed by atoms with van der Waals surface area (Å²) >= 11 is 3.61. The first-order chi connectivity index (χ1) is 4.18. The number of quaternary nitrogens is 1. The Morgan fingerprint density at radius 1 is 1.89 bits per heavy atom. The van der Waals surface area contributed by atoms with E-state index >= 15 is 0 Å². The number of thiol groups is 1. The summed E-state index contributed by atoms with van der Waals surface area (Å²) < 4.78 is 0. The summed E-state index contributed by atoms with van der Waals surface area (Å²) in [6, 6.07) is -0.927. The molecule has 56 valence electrons. The Morgan fingerprint density at radius 3 is 2.22 bits per heavy atom. The van der Waals surface area contributed by atoms with Gasteiger partial charge in [0.25, 0.3) is 0 Å². The highest BCUT2D eigenvalue weighted by molar-refractivity contribution is 7.80. The largest absolute Gasteiger partial charge is 0.548 e. The Morgan fingerprint density at radius 2 is 2.22 bits per heavy atom. The van der Waals surface area contributed by atoms with Crippen molar-refractivity contribution in [1.29, 1.82) is 0 Å². The lowest BCUT2D eigenvalue weighted by molar-refractivity contribution is -0.325. The normalized spacial score (nSPS) is 11.1. The molecule has 9 heavy (non-hydrogen) atoms. The van der Waals surface area contributed by atoms with Crippen LogP contribution in [0.5, 0.6) is 0 Å². The van der Waals surface area contributed by atoms with Gasteiger partial charge in [-0.25, -0.2) is 0 Å². The van der Waals surface area contributed by atoms with E-state index in [2.05, 4.69) is 18.4 Å². The van der Waals surface area contributed by atoms with Crippen molar-refractivity contribution >= 4 is 18.6 Å². The van der Waals surface area contributed by atoms with Crippen LogP contribution in [0.15, 0.2) is 0 Å². The molecular weight excluding hydrogens is 140 g/mol. The van der Waals surface area contributed by atoms with Crippen molar-refractivity contribution in [2.24, 2.45) is 5.73 Å². The molecule has 0 radical (unpaired) electrons. The third-order valence-corrected chi connectivity index (χ3v) is 0.893.